The Morgan fingerprint density at radius 3 is 2.50 bits per heavy atom. The minimum absolute atomic E-state index is 0.0184. The van der Waals surface area contributed by atoms with Crippen molar-refractivity contribution in [2.45, 2.75) is 26.7 Å². The molecule has 0 aliphatic carbocycles. The first-order valence-corrected chi connectivity index (χ1v) is 9.78. The molecule has 0 spiro atoms. The number of carboxylic acids is 1. The van der Waals surface area contributed by atoms with E-state index in [1.165, 1.54) is 0 Å². The van der Waals surface area contributed by atoms with Crippen molar-refractivity contribution < 1.29 is 9.90 Å². The van der Waals surface area contributed by atoms with Crippen molar-refractivity contribution in [3.63, 3.8) is 0 Å². The maximum Gasteiger partial charge on any atom is 0.307 e. The van der Waals surface area contributed by atoms with Crippen LogP contribution in [0.3, 0.4) is 0 Å². The van der Waals surface area contributed by atoms with E-state index >= 15 is 0 Å². The number of aromatic nitrogens is 2. The highest BCUT2D eigenvalue weighted by Crippen LogP contribution is 2.32. The van der Waals surface area contributed by atoms with E-state index in [1.807, 2.05) is 43.3 Å². The molecule has 2 aromatic heterocycles. The summed E-state index contributed by atoms with van der Waals surface area (Å²) in [6.45, 7) is 4.07. The highest BCUT2D eigenvalue weighted by Gasteiger charge is 2.13. The fraction of sp³-hybridized carbons (Fsp3) is 0.211. The van der Waals surface area contributed by atoms with Gasteiger partial charge in [0.2, 0.25) is 0 Å². The summed E-state index contributed by atoms with van der Waals surface area (Å²) in [4.78, 5) is 21.2. The summed E-state index contributed by atoms with van der Waals surface area (Å²) < 4.78 is 1.04. The molecular weight excluding hydrogens is 414 g/mol. The summed E-state index contributed by atoms with van der Waals surface area (Å²) in [7, 11) is 0. The van der Waals surface area contributed by atoms with Crippen molar-refractivity contribution in [2.24, 2.45) is 0 Å². The number of anilines is 2. The predicted molar refractivity (Wildman–Crippen MR) is 108 cm³/mol. The molecule has 0 saturated carbocycles. The second-order valence-electron chi connectivity index (χ2n) is 5.81. The minimum atomic E-state index is -0.836. The van der Waals surface area contributed by atoms with Crippen LogP contribution in [0.15, 0.2) is 40.2 Å². The van der Waals surface area contributed by atoms with E-state index in [2.05, 4.69) is 33.2 Å². The van der Waals surface area contributed by atoms with Gasteiger partial charge in [0.15, 0.2) is 5.82 Å². The Hall–Kier alpha value is -2.25. The first-order chi connectivity index (χ1) is 12.5. The molecule has 0 unspecified atom stereocenters. The summed E-state index contributed by atoms with van der Waals surface area (Å²) in [5.74, 6) is 0.642. The van der Waals surface area contributed by atoms with Crippen LogP contribution >= 0.6 is 27.3 Å². The van der Waals surface area contributed by atoms with Gasteiger partial charge in [-0.05, 0) is 59.1 Å². The van der Waals surface area contributed by atoms with Gasteiger partial charge in [-0.3, -0.25) is 4.79 Å². The number of hydrogen-bond acceptors (Lipinski definition) is 5. The van der Waals surface area contributed by atoms with Crippen molar-refractivity contribution in [1.29, 1.82) is 0 Å². The Morgan fingerprint density at radius 1 is 1.19 bits per heavy atom. The van der Waals surface area contributed by atoms with Crippen LogP contribution in [0, 0.1) is 6.92 Å². The maximum absolute atomic E-state index is 10.8. The van der Waals surface area contributed by atoms with Gasteiger partial charge < -0.3 is 10.4 Å². The standard InChI is InChI=1S/C19H18BrN3O2S/c1-3-14-11(2)21-19(15-8-9-16(20)26-15)23-18(14)22-13-6-4-12(5-7-13)10-17(24)25/h4-9H,3,10H2,1-2H3,(H,24,25)(H,21,22,23). The topological polar surface area (TPSA) is 75.1 Å². The van der Waals surface area contributed by atoms with Gasteiger partial charge >= 0.3 is 5.97 Å². The van der Waals surface area contributed by atoms with Crippen LogP contribution in [0.2, 0.25) is 0 Å². The van der Waals surface area contributed by atoms with Gasteiger partial charge in [-0.2, -0.15) is 0 Å². The monoisotopic (exact) mass is 431 g/mol. The highest BCUT2D eigenvalue weighted by atomic mass is 79.9. The molecule has 3 rings (SSSR count). The average Bonchev–Trinajstić information content (AvgIpc) is 3.02. The van der Waals surface area contributed by atoms with Gasteiger partial charge in [-0.15, -0.1) is 11.3 Å². The molecule has 0 aliphatic rings. The number of carbonyl (C=O) groups is 1. The largest absolute Gasteiger partial charge is 0.481 e. The van der Waals surface area contributed by atoms with E-state index in [1.54, 1.807) is 11.3 Å². The number of carboxylic acid groups (broad SMARTS) is 1. The van der Waals surface area contributed by atoms with Crippen molar-refractivity contribution in [2.75, 3.05) is 5.32 Å². The highest BCUT2D eigenvalue weighted by molar-refractivity contribution is 9.11. The van der Waals surface area contributed by atoms with E-state index in [-0.39, 0.29) is 6.42 Å². The van der Waals surface area contributed by atoms with E-state index < -0.39 is 5.97 Å². The number of hydrogen-bond donors (Lipinski definition) is 2. The van der Waals surface area contributed by atoms with Crippen LogP contribution in [0.4, 0.5) is 11.5 Å². The van der Waals surface area contributed by atoms with Gasteiger partial charge in [-0.1, -0.05) is 19.1 Å². The average molecular weight is 432 g/mol. The number of rotatable bonds is 6. The molecule has 0 atom stereocenters. The smallest absolute Gasteiger partial charge is 0.307 e. The summed E-state index contributed by atoms with van der Waals surface area (Å²) in [5.41, 5.74) is 3.65. The molecule has 2 N–H and O–H groups in total. The minimum Gasteiger partial charge on any atom is -0.481 e. The first-order valence-electron chi connectivity index (χ1n) is 8.17. The fourth-order valence-corrected chi connectivity index (χ4v) is 4.00. The SMILES string of the molecule is CCc1c(C)nc(-c2ccc(Br)s2)nc1Nc1ccc(CC(=O)O)cc1. The van der Waals surface area contributed by atoms with Gasteiger partial charge in [0, 0.05) is 16.9 Å². The number of thiophene rings is 1. The van der Waals surface area contributed by atoms with Crippen LogP contribution in [-0.4, -0.2) is 21.0 Å². The lowest BCUT2D eigenvalue weighted by molar-refractivity contribution is -0.136. The second-order valence-corrected chi connectivity index (χ2v) is 8.27. The van der Waals surface area contributed by atoms with Crippen molar-refractivity contribution in [3.05, 3.63) is 57.0 Å². The lowest BCUT2D eigenvalue weighted by atomic mass is 10.1. The molecule has 0 saturated heterocycles. The Bertz CT molecular complexity index is 938. The maximum atomic E-state index is 10.8. The molecular formula is C19H18BrN3O2S. The van der Waals surface area contributed by atoms with Crippen LogP contribution < -0.4 is 5.32 Å². The molecule has 7 heteroatoms. The molecule has 0 amide bonds. The number of benzene rings is 1. The molecule has 3 aromatic rings. The van der Waals surface area contributed by atoms with E-state index in [0.717, 1.165) is 43.4 Å². The van der Waals surface area contributed by atoms with Crippen LogP contribution in [-0.2, 0) is 17.6 Å². The number of aliphatic carboxylic acids is 1. The zero-order valence-electron chi connectivity index (χ0n) is 14.4. The normalized spacial score (nSPS) is 10.7. The molecule has 5 nitrogen and oxygen atoms in total. The summed E-state index contributed by atoms with van der Waals surface area (Å²) >= 11 is 5.07. The molecule has 134 valence electrons. The third kappa shape index (κ3) is 4.28. The third-order valence-electron chi connectivity index (χ3n) is 3.93. The fourth-order valence-electron chi connectivity index (χ4n) is 2.68. The Labute approximate surface area is 164 Å². The number of halogens is 1. The van der Waals surface area contributed by atoms with Crippen LogP contribution in [0.5, 0.6) is 0 Å². The molecule has 1 aromatic carbocycles. The molecule has 0 aliphatic heterocycles. The van der Waals surface area contributed by atoms with Gasteiger partial charge in [-0.25, -0.2) is 9.97 Å². The van der Waals surface area contributed by atoms with Crippen molar-refractivity contribution in [3.8, 4) is 10.7 Å². The van der Waals surface area contributed by atoms with Gasteiger partial charge in [0.25, 0.3) is 0 Å². The summed E-state index contributed by atoms with van der Waals surface area (Å²) in [6.07, 6.45) is 0.837. The summed E-state index contributed by atoms with van der Waals surface area (Å²) in [6, 6.07) is 11.4. The van der Waals surface area contributed by atoms with Gasteiger partial charge in [0.05, 0.1) is 15.1 Å². The quantitative estimate of drug-likeness (QED) is 0.560. The lowest BCUT2D eigenvalue weighted by Gasteiger charge is -2.14. The number of nitrogens with zero attached hydrogens (tertiary/aromatic N) is 2. The second kappa shape index (κ2) is 7.97. The lowest BCUT2D eigenvalue weighted by Crippen LogP contribution is -2.05. The Kier molecular flexibility index (Phi) is 5.68. The Balaban J connectivity index is 1.92. The molecule has 26 heavy (non-hydrogen) atoms. The van der Waals surface area contributed by atoms with Crippen molar-refractivity contribution >= 4 is 44.7 Å². The van der Waals surface area contributed by atoms with Crippen LogP contribution in [0.1, 0.15) is 23.7 Å². The zero-order valence-corrected chi connectivity index (χ0v) is 16.8. The number of aryl methyl sites for hydroxylation is 1. The molecule has 0 bridgehead atoms. The molecule has 2 heterocycles. The molecule has 0 radical (unpaired) electrons. The predicted octanol–water partition coefficient (Wildman–Crippen LogP) is 5.21. The van der Waals surface area contributed by atoms with E-state index in [0.29, 0.717) is 5.82 Å². The molecule has 0 fully saturated rings. The van der Waals surface area contributed by atoms with Gasteiger partial charge in [0.1, 0.15) is 5.82 Å². The Morgan fingerprint density at radius 2 is 1.92 bits per heavy atom. The van der Waals surface area contributed by atoms with Crippen molar-refractivity contribution in [1.82, 2.24) is 9.97 Å². The zero-order chi connectivity index (χ0) is 18.7. The number of nitrogens with one attached hydrogen (secondary N) is 1. The first kappa shape index (κ1) is 18.5. The van der Waals surface area contributed by atoms with Crippen LogP contribution in [0.25, 0.3) is 10.7 Å². The third-order valence-corrected chi connectivity index (χ3v) is 5.55. The van der Waals surface area contributed by atoms with E-state index in [4.69, 9.17) is 10.1 Å². The summed E-state index contributed by atoms with van der Waals surface area (Å²) in [5, 5.41) is 12.2. The van der Waals surface area contributed by atoms with E-state index in [9.17, 15) is 4.79 Å².